The fraction of sp³-hybridized carbons (Fsp3) is 0.296. The van der Waals surface area contributed by atoms with Crippen LogP contribution in [0.1, 0.15) is 36.3 Å². The quantitative estimate of drug-likeness (QED) is 0.438. The first-order valence-electron chi connectivity index (χ1n) is 11.6. The first-order chi connectivity index (χ1) is 16.2. The molecule has 5 rings (SSSR count). The normalized spacial score (nSPS) is 14.9. The van der Waals surface area contributed by atoms with Gasteiger partial charge in [0.15, 0.2) is 0 Å². The molecule has 0 radical (unpaired) electrons. The predicted octanol–water partition coefficient (Wildman–Crippen LogP) is 5.41. The molecule has 0 bridgehead atoms. The van der Waals surface area contributed by atoms with Gasteiger partial charge in [-0.15, -0.1) is 5.10 Å². The summed E-state index contributed by atoms with van der Waals surface area (Å²) in [7, 11) is 2.20. The summed E-state index contributed by atoms with van der Waals surface area (Å²) in [6.45, 7) is 2.33. The Labute approximate surface area is 194 Å². The monoisotopic (exact) mass is 436 g/mol. The zero-order chi connectivity index (χ0) is 22.6. The zero-order valence-electron chi connectivity index (χ0n) is 18.9. The molecular formula is C27H28N6. The van der Waals surface area contributed by atoms with Gasteiger partial charge in [-0.1, -0.05) is 30.3 Å². The van der Waals surface area contributed by atoms with Gasteiger partial charge in [-0.25, -0.2) is 9.50 Å². The molecule has 0 unspecified atom stereocenters. The van der Waals surface area contributed by atoms with E-state index in [9.17, 15) is 0 Å². The van der Waals surface area contributed by atoms with Crippen molar-refractivity contribution in [3.05, 3.63) is 78.0 Å². The molecule has 1 aliphatic rings. The largest absolute Gasteiger partial charge is 0.323 e. The minimum Gasteiger partial charge on any atom is -0.323 e. The maximum atomic E-state index is 8.89. The molecule has 2 aromatic heterocycles. The number of piperidine rings is 1. The van der Waals surface area contributed by atoms with Crippen molar-refractivity contribution in [2.45, 2.75) is 31.6 Å². The third-order valence-corrected chi connectivity index (χ3v) is 6.50. The van der Waals surface area contributed by atoms with E-state index in [2.05, 4.69) is 76.8 Å². The standard InChI is InChI=1S/C27H28N6/c1-32-16-13-22(14-17-32)21-7-9-24(10-8-21)30-27-29-19-25-11-12-26(33(25)31-27)23-6-2-4-20(18-23)5-3-15-28/h2,4,6-12,18-19,22H,3,5,13-14,16-17H2,1H3,(H,30,31). The zero-order valence-corrected chi connectivity index (χ0v) is 18.9. The number of benzene rings is 2. The van der Waals surface area contributed by atoms with Crippen molar-refractivity contribution in [1.29, 1.82) is 5.26 Å². The number of nitrogens with zero attached hydrogens (tertiary/aromatic N) is 5. The van der Waals surface area contributed by atoms with E-state index < -0.39 is 0 Å². The lowest BCUT2D eigenvalue weighted by Crippen LogP contribution is -2.29. The summed E-state index contributed by atoms with van der Waals surface area (Å²) in [4.78, 5) is 6.90. The van der Waals surface area contributed by atoms with Crippen molar-refractivity contribution in [3.63, 3.8) is 0 Å². The lowest BCUT2D eigenvalue weighted by Gasteiger charge is -2.29. The Balaban J connectivity index is 1.35. The minimum atomic E-state index is 0.519. The molecule has 1 saturated heterocycles. The average molecular weight is 437 g/mol. The Hall–Kier alpha value is -3.69. The number of rotatable bonds is 6. The van der Waals surface area contributed by atoms with Gasteiger partial charge in [0.05, 0.1) is 23.5 Å². The molecule has 0 saturated carbocycles. The van der Waals surface area contributed by atoms with Gasteiger partial charge in [-0.2, -0.15) is 5.26 Å². The van der Waals surface area contributed by atoms with Crippen LogP contribution in [0.2, 0.25) is 0 Å². The molecule has 0 spiro atoms. The van der Waals surface area contributed by atoms with Gasteiger partial charge >= 0.3 is 0 Å². The molecule has 1 aliphatic heterocycles. The fourth-order valence-corrected chi connectivity index (χ4v) is 4.57. The molecule has 1 N–H and O–H groups in total. The number of fused-ring (bicyclic) bond motifs is 1. The highest BCUT2D eigenvalue weighted by Crippen LogP contribution is 2.29. The Morgan fingerprint density at radius 2 is 1.88 bits per heavy atom. The second-order valence-corrected chi connectivity index (χ2v) is 8.82. The van der Waals surface area contributed by atoms with Crippen molar-refractivity contribution >= 4 is 17.2 Å². The van der Waals surface area contributed by atoms with Crippen LogP contribution < -0.4 is 5.32 Å². The average Bonchev–Trinajstić information content (AvgIpc) is 3.27. The second-order valence-electron chi connectivity index (χ2n) is 8.82. The summed E-state index contributed by atoms with van der Waals surface area (Å²) in [6.07, 6.45) is 5.55. The van der Waals surface area contributed by atoms with E-state index in [1.165, 1.54) is 31.5 Å². The van der Waals surface area contributed by atoms with Crippen LogP contribution in [0, 0.1) is 11.3 Å². The molecule has 166 valence electrons. The molecule has 0 atom stereocenters. The molecule has 1 fully saturated rings. The highest BCUT2D eigenvalue weighted by molar-refractivity contribution is 5.67. The summed E-state index contributed by atoms with van der Waals surface area (Å²) >= 11 is 0. The van der Waals surface area contributed by atoms with E-state index in [0.29, 0.717) is 18.3 Å². The lowest BCUT2D eigenvalue weighted by molar-refractivity contribution is 0.255. The van der Waals surface area contributed by atoms with Gasteiger partial charge in [-0.3, -0.25) is 0 Å². The van der Waals surface area contributed by atoms with Crippen LogP contribution >= 0.6 is 0 Å². The molecule has 4 aromatic rings. The third-order valence-electron chi connectivity index (χ3n) is 6.50. The van der Waals surface area contributed by atoms with Crippen molar-refractivity contribution in [1.82, 2.24) is 19.5 Å². The van der Waals surface area contributed by atoms with E-state index in [1.54, 1.807) is 0 Å². The van der Waals surface area contributed by atoms with E-state index in [0.717, 1.165) is 34.4 Å². The molecule has 0 amide bonds. The number of aromatic nitrogens is 3. The number of anilines is 2. The molecule has 33 heavy (non-hydrogen) atoms. The molecule has 3 heterocycles. The summed E-state index contributed by atoms with van der Waals surface area (Å²) in [5.74, 6) is 1.21. The number of hydrogen-bond acceptors (Lipinski definition) is 5. The summed E-state index contributed by atoms with van der Waals surface area (Å²) in [5, 5.41) is 17.0. The van der Waals surface area contributed by atoms with Crippen LogP contribution in [0.25, 0.3) is 16.8 Å². The van der Waals surface area contributed by atoms with Gasteiger partial charge in [-0.05, 0) is 86.8 Å². The maximum absolute atomic E-state index is 8.89. The summed E-state index contributed by atoms with van der Waals surface area (Å²) in [6, 6.07) is 23.3. The number of likely N-dealkylation sites (tertiary alicyclic amines) is 1. The van der Waals surface area contributed by atoms with E-state index in [1.807, 2.05) is 22.8 Å². The Morgan fingerprint density at radius 1 is 1.06 bits per heavy atom. The number of nitriles is 1. The van der Waals surface area contributed by atoms with Gasteiger partial charge in [0.1, 0.15) is 0 Å². The number of hydrogen-bond donors (Lipinski definition) is 1. The molecular weight excluding hydrogens is 408 g/mol. The molecule has 6 nitrogen and oxygen atoms in total. The van der Waals surface area contributed by atoms with Crippen LogP contribution in [0.4, 0.5) is 11.6 Å². The van der Waals surface area contributed by atoms with Crippen molar-refractivity contribution in [3.8, 4) is 17.3 Å². The first-order valence-corrected chi connectivity index (χ1v) is 11.6. The highest BCUT2D eigenvalue weighted by Gasteiger charge is 2.18. The van der Waals surface area contributed by atoms with Crippen LogP contribution in [0.5, 0.6) is 0 Å². The minimum absolute atomic E-state index is 0.519. The number of aryl methyl sites for hydroxylation is 1. The van der Waals surface area contributed by atoms with Crippen LogP contribution in [-0.2, 0) is 6.42 Å². The second kappa shape index (κ2) is 9.43. The van der Waals surface area contributed by atoms with Gasteiger partial charge in [0.25, 0.3) is 0 Å². The topological polar surface area (TPSA) is 69.2 Å². The van der Waals surface area contributed by atoms with Crippen molar-refractivity contribution < 1.29 is 0 Å². The highest BCUT2D eigenvalue weighted by atomic mass is 15.3. The van der Waals surface area contributed by atoms with Crippen molar-refractivity contribution in [2.24, 2.45) is 0 Å². The Kier molecular flexibility index (Phi) is 6.05. The molecule has 0 aliphatic carbocycles. The Morgan fingerprint density at radius 3 is 2.67 bits per heavy atom. The SMILES string of the molecule is CN1CCC(c2ccc(Nc3ncc4ccc(-c5cccc(CCC#N)c5)n4n3)cc2)CC1. The van der Waals surface area contributed by atoms with E-state index >= 15 is 0 Å². The molecule has 6 heteroatoms. The smallest absolute Gasteiger partial charge is 0.245 e. The lowest BCUT2D eigenvalue weighted by atomic mass is 9.89. The van der Waals surface area contributed by atoms with Gasteiger partial charge in [0.2, 0.25) is 5.95 Å². The van der Waals surface area contributed by atoms with Crippen LogP contribution in [-0.4, -0.2) is 39.6 Å². The van der Waals surface area contributed by atoms with Crippen LogP contribution in [0.15, 0.2) is 66.9 Å². The first kappa shape index (κ1) is 21.2. The summed E-state index contributed by atoms with van der Waals surface area (Å²) in [5.41, 5.74) is 6.58. The maximum Gasteiger partial charge on any atom is 0.245 e. The van der Waals surface area contributed by atoms with Crippen molar-refractivity contribution in [2.75, 3.05) is 25.5 Å². The molecule has 2 aromatic carbocycles. The Bertz CT molecular complexity index is 1280. The predicted molar refractivity (Wildman–Crippen MR) is 132 cm³/mol. The summed E-state index contributed by atoms with van der Waals surface area (Å²) < 4.78 is 1.92. The van der Waals surface area contributed by atoms with Crippen LogP contribution in [0.3, 0.4) is 0 Å². The van der Waals surface area contributed by atoms with Gasteiger partial charge in [0, 0.05) is 17.7 Å². The van der Waals surface area contributed by atoms with E-state index in [4.69, 9.17) is 10.4 Å². The third kappa shape index (κ3) is 4.74. The van der Waals surface area contributed by atoms with E-state index in [-0.39, 0.29) is 0 Å². The fourth-order valence-electron chi connectivity index (χ4n) is 4.57. The van der Waals surface area contributed by atoms with Gasteiger partial charge < -0.3 is 10.2 Å². The number of nitrogens with one attached hydrogen (secondary N) is 1.